The maximum absolute atomic E-state index is 10.7. The molecule has 7 heteroatoms. The van der Waals surface area contributed by atoms with Crippen LogP contribution in [0.3, 0.4) is 0 Å². The Morgan fingerprint density at radius 1 is 1.28 bits per heavy atom. The van der Waals surface area contributed by atoms with Crippen molar-refractivity contribution in [1.82, 2.24) is 5.32 Å². The highest BCUT2D eigenvalue weighted by atomic mass is 79.9. The summed E-state index contributed by atoms with van der Waals surface area (Å²) in [5.74, 6) is 1.26. The van der Waals surface area contributed by atoms with Gasteiger partial charge in [-0.25, -0.2) is 0 Å². The molecule has 0 amide bonds. The first-order valence-corrected chi connectivity index (χ1v) is 8.39. The second-order valence-electron chi connectivity index (χ2n) is 5.19. The van der Waals surface area contributed by atoms with Gasteiger partial charge in [0.2, 0.25) is 0 Å². The molecular formula is C18H19BrN2O4. The number of rotatable bonds is 9. The number of non-ortho nitro benzene ring substituents is 1. The summed E-state index contributed by atoms with van der Waals surface area (Å²) < 4.78 is 12.3. The molecule has 0 atom stereocenters. The Morgan fingerprint density at radius 3 is 2.60 bits per heavy atom. The van der Waals surface area contributed by atoms with Crippen LogP contribution in [0.4, 0.5) is 5.69 Å². The lowest BCUT2D eigenvalue weighted by molar-refractivity contribution is -0.384. The lowest BCUT2D eigenvalue weighted by Gasteiger charge is -2.17. The fraction of sp³-hybridized carbons (Fsp3) is 0.222. The van der Waals surface area contributed by atoms with Crippen LogP contribution in [-0.4, -0.2) is 18.6 Å². The van der Waals surface area contributed by atoms with Gasteiger partial charge in [-0.2, -0.15) is 0 Å². The van der Waals surface area contributed by atoms with Crippen LogP contribution >= 0.6 is 15.9 Å². The molecule has 0 aliphatic rings. The van der Waals surface area contributed by atoms with Gasteiger partial charge in [0.15, 0.2) is 11.5 Å². The molecule has 0 bridgehead atoms. The molecule has 0 heterocycles. The summed E-state index contributed by atoms with van der Waals surface area (Å²) in [5, 5.41) is 14.0. The average Bonchev–Trinajstić information content (AvgIpc) is 2.62. The van der Waals surface area contributed by atoms with E-state index in [1.165, 1.54) is 12.1 Å². The Labute approximate surface area is 154 Å². The number of methoxy groups -OCH3 is 1. The van der Waals surface area contributed by atoms with E-state index in [1.807, 2.05) is 12.1 Å². The van der Waals surface area contributed by atoms with Gasteiger partial charge in [0.1, 0.15) is 6.61 Å². The number of nitro groups is 1. The molecule has 0 aliphatic heterocycles. The Hall–Kier alpha value is -2.38. The van der Waals surface area contributed by atoms with Crippen molar-refractivity contribution in [2.75, 3.05) is 13.7 Å². The molecule has 2 aromatic carbocycles. The molecule has 0 aliphatic carbocycles. The monoisotopic (exact) mass is 406 g/mol. The molecular weight excluding hydrogens is 388 g/mol. The fourth-order valence-corrected chi connectivity index (χ4v) is 2.69. The summed E-state index contributed by atoms with van der Waals surface area (Å²) in [7, 11) is 1.59. The zero-order chi connectivity index (χ0) is 18.2. The number of hydrogen-bond donors (Lipinski definition) is 1. The zero-order valence-electron chi connectivity index (χ0n) is 13.8. The summed E-state index contributed by atoms with van der Waals surface area (Å²) in [6, 6.07) is 10.0. The average molecular weight is 407 g/mol. The van der Waals surface area contributed by atoms with E-state index in [1.54, 1.807) is 25.3 Å². The smallest absolute Gasteiger partial charge is 0.269 e. The molecule has 25 heavy (non-hydrogen) atoms. The second kappa shape index (κ2) is 9.19. The van der Waals surface area contributed by atoms with Gasteiger partial charge in [0.25, 0.3) is 5.69 Å². The molecule has 0 unspecified atom stereocenters. The third kappa shape index (κ3) is 5.04. The van der Waals surface area contributed by atoms with Gasteiger partial charge in [0, 0.05) is 35.3 Å². The largest absolute Gasteiger partial charge is 0.493 e. The van der Waals surface area contributed by atoms with Gasteiger partial charge < -0.3 is 14.8 Å². The number of hydrogen-bond acceptors (Lipinski definition) is 5. The molecule has 0 saturated heterocycles. The van der Waals surface area contributed by atoms with Crippen LogP contribution in [-0.2, 0) is 13.2 Å². The SMILES string of the molecule is C=CCNCc1c(Br)ccc(OC)c1OCc1ccc([N+](=O)[O-])cc1. The van der Waals surface area contributed by atoms with Gasteiger partial charge in [-0.1, -0.05) is 22.0 Å². The van der Waals surface area contributed by atoms with E-state index in [2.05, 4.69) is 27.8 Å². The standard InChI is InChI=1S/C18H19BrN2O4/c1-3-10-20-11-15-16(19)8-9-17(24-2)18(15)25-12-13-4-6-14(7-5-13)21(22)23/h3-9,20H,1,10-12H2,2H3. The number of nitrogens with zero attached hydrogens (tertiary/aromatic N) is 1. The van der Waals surface area contributed by atoms with E-state index in [9.17, 15) is 10.1 Å². The van der Waals surface area contributed by atoms with Crippen LogP contribution in [0.5, 0.6) is 11.5 Å². The number of halogens is 1. The summed E-state index contributed by atoms with van der Waals surface area (Å²) in [5.41, 5.74) is 1.82. The Kier molecular flexibility index (Phi) is 6.97. The van der Waals surface area contributed by atoms with Crippen molar-refractivity contribution < 1.29 is 14.4 Å². The first-order valence-electron chi connectivity index (χ1n) is 7.60. The van der Waals surface area contributed by atoms with E-state index < -0.39 is 4.92 Å². The zero-order valence-corrected chi connectivity index (χ0v) is 15.4. The quantitative estimate of drug-likeness (QED) is 0.292. The summed E-state index contributed by atoms with van der Waals surface area (Å²) in [6.45, 7) is 5.22. The highest BCUT2D eigenvalue weighted by Crippen LogP contribution is 2.36. The lowest BCUT2D eigenvalue weighted by Crippen LogP contribution is -2.14. The van der Waals surface area contributed by atoms with Crippen LogP contribution in [0.2, 0.25) is 0 Å². The molecule has 0 spiro atoms. The van der Waals surface area contributed by atoms with Crippen molar-refractivity contribution >= 4 is 21.6 Å². The van der Waals surface area contributed by atoms with E-state index in [4.69, 9.17) is 9.47 Å². The van der Waals surface area contributed by atoms with Crippen LogP contribution in [0.15, 0.2) is 53.5 Å². The van der Waals surface area contributed by atoms with Gasteiger partial charge in [-0.3, -0.25) is 10.1 Å². The minimum atomic E-state index is -0.425. The predicted molar refractivity (Wildman–Crippen MR) is 100 cm³/mol. The van der Waals surface area contributed by atoms with Crippen LogP contribution in [0, 0.1) is 10.1 Å². The molecule has 6 nitrogen and oxygen atoms in total. The maximum Gasteiger partial charge on any atom is 0.269 e. The number of nitro benzene ring substituents is 1. The number of ether oxygens (including phenoxy) is 2. The van der Waals surface area contributed by atoms with Gasteiger partial charge in [0.05, 0.1) is 12.0 Å². The molecule has 0 aromatic heterocycles. The molecule has 132 valence electrons. The van der Waals surface area contributed by atoms with Crippen molar-refractivity contribution in [3.63, 3.8) is 0 Å². The summed E-state index contributed by atoms with van der Waals surface area (Å²) >= 11 is 3.54. The first kappa shape index (κ1) is 19.0. The highest BCUT2D eigenvalue weighted by molar-refractivity contribution is 9.10. The van der Waals surface area contributed by atoms with Gasteiger partial charge in [-0.15, -0.1) is 6.58 Å². The predicted octanol–water partition coefficient (Wildman–Crippen LogP) is 4.22. The Bertz CT molecular complexity index is 747. The van der Waals surface area contributed by atoms with E-state index in [-0.39, 0.29) is 12.3 Å². The van der Waals surface area contributed by atoms with Crippen LogP contribution < -0.4 is 14.8 Å². The maximum atomic E-state index is 10.7. The van der Waals surface area contributed by atoms with E-state index in [0.717, 1.165) is 15.6 Å². The fourth-order valence-electron chi connectivity index (χ4n) is 2.23. The topological polar surface area (TPSA) is 73.6 Å². The van der Waals surface area contributed by atoms with E-state index in [0.29, 0.717) is 24.6 Å². The number of nitrogens with one attached hydrogen (secondary N) is 1. The highest BCUT2D eigenvalue weighted by Gasteiger charge is 2.15. The first-order chi connectivity index (χ1) is 12.1. The number of benzene rings is 2. The van der Waals surface area contributed by atoms with Crippen LogP contribution in [0.1, 0.15) is 11.1 Å². The molecule has 2 aromatic rings. The van der Waals surface area contributed by atoms with Crippen molar-refractivity contribution in [2.24, 2.45) is 0 Å². The third-order valence-electron chi connectivity index (χ3n) is 3.51. The normalized spacial score (nSPS) is 10.3. The molecule has 0 saturated carbocycles. The Morgan fingerprint density at radius 2 is 2.00 bits per heavy atom. The molecule has 0 fully saturated rings. The third-order valence-corrected chi connectivity index (χ3v) is 4.25. The van der Waals surface area contributed by atoms with Crippen molar-refractivity contribution in [3.8, 4) is 11.5 Å². The second-order valence-corrected chi connectivity index (χ2v) is 6.04. The lowest BCUT2D eigenvalue weighted by atomic mass is 10.1. The minimum absolute atomic E-state index is 0.0538. The summed E-state index contributed by atoms with van der Waals surface area (Å²) in [6.07, 6.45) is 1.78. The van der Waals surface area contributed by atoms with Crippen molar-refractivity contribution in [1.29, 1.82) is 0 Å². The van der Waals surface area contributed by atoms with Gasteiger partial charge in [-0.05, 0) is 29.8 Å². The Balaban J connectivity index is 2.19. The molecule has 2 rings (SSSR count). The van der Waals surface area contributed by atoms with Crippen molar-refractivity contribution in [3.05, 3.63) is 74.8 Å². The van der Waals surface area contributed by atoms with Gasteiger partial charge >= 0.3 is 0 Å². The molecule has 1 N–H and O–H groups in total. The van der Waals surface area contributed by atoms with E-state index >= 15 is 0 Å². The van der Waals surface area contributed by atoms with Crippen LogP contribution in [0.25, 0.3) is 0 Å². The summed E-state index contributed by atoms with van der Waals surface area (Å²) in [4.78, 5) is 10.3. The molecule has 0 radical (unpaired) electrons. The minimum Gasteiger partial charge on any atom is -0.493 e. The van der Waals surface area contributed by atoms with Crippen molar-refractivity contribution in [2.45, 2.75) is 13.2 Å².